The molecule has 1 heterocycles. The second-order valence-corrected chi connectivity index (χ2v) is 6.11. The Morgan fingerprint density at radius 3 is 2.48 bits per heavy atom. The zero-order valence-corrected chi connectivity index (χ0v) is 13.2. The molecule has 1 aliphatic heterocycles. The Morgan fingerprint density at radius 1 is 0.783 bits per heavy atom. The second-order valence-electron chi connectivity index (χ2n) is 6.11. The first-order chi connectivity index (χ1) is 11.4. The highest BCUT2D eigenvalue weighted by atomic mass is 16.5. The molecule has 0 amide bonds. The van der Waals surface area contributed by atoms with Gasteiger partial charge in [0.2, 0.25) is 0 Å². The minimum Gasteiger partial charge on any atom is -0.479 e. The van der Waals surface area contributed by atoms with Crippen LogP contribution in [-0.4, -0.2) is 6.73 Å². The molecule has 2 aliphatic rings. The molecule has 0 saturated carbocycles. The van der Waals surface area contributed by atoms with Crippen molar-refractivity contribution < 1.29 is 4.74 Å². The second kappa shape index (κ2) is 6.33. The third kappa shape index (κ3) is 2.77. The summed E-state index contributed by atoms with van der Waals surface area (Å²) in [6.07, 6.45) is 8.61. The van der Waals surface area contributed by atoms with E-state index in [1.165, 1.54) is 47.2 Å². The van der Waals surface area contributed by atoms with E-state index in [9.17, 15) is 0 Å². The normalized spacial score (nSPS) is 15.5. The Hall–Kier alpha value is -2.48. The maximum Gasteiger partial charge on any atom is 0.157 e. The van der Waals surface area contributed by atoms with Gasteiger partial charge in [0.05, 0.1) is 0 Å². The van der Waals surface area contributed by atoms with Crippen molar-refractivity contribution in [2.75, 3.05) is 6.73 Å². The van der Waals surface area contributed by atoms with E-state index in [-0.39, 0.29) is 0 Å². The monoisotopic (exact) mass is 303 g/mol. The summed E-state index contributed by atoms with van der Waals surface area (Å²) in [7, 11) is 0. The van der Waals surface area contributed by atoms with E-state index < -0.39 is 0 Å². The molecule has 0 fully saturated rings. The Balaban J connectivity index is 0.000000233. The van der Waals surface area contributed by atoms with E-state index in [4.69, 9.17) is 0 Å². The molecule has 3 aromatic rings. The molecule has 0 aromatic heterocycles. The molecule has 0 saturated heterocycles. The molecule has 1 aliphatic carbocycles. The highest BCUT2D eigenvalue weighted by Crippen LogP contribution is 2.33. The Morgan fingerprint density at radius 2 is 1.65 bits per heavy atom. The Labute approximate surface area is 136 Å². The molecule has 0 radical (unpaired) electrons. The van der Waals surface area contributed by atoms with Crippen LogP contribution in [0, 0.1) is 0 Å². The zero-order chi connectivity index (χ0) is 15.5. The van der Waals surface area contributed by atoms with Crippen LogP contribution in [0.3, 0.4) is 0 Å². The number of hydrogen-bond acceptors (Lipinski definition) is 2. The van der Waals surface area contributed by atoms with E-state index in [0.29, 0.717) is 6.73 Å². The maximum atomic E-state index is 4.65. The summed E-state index contributed by atoms with van der Waals surface area (Å²) < 4.78 is 4.65. The van der Waals surface area contributed by atoms with Gasteiger partial charge in [-0.25, -0.2) is 0 Å². The smallest absolute Gasteiger partial charge is 0.157 e. The molecule has 1 N–H and O–H groups in total. The van der Waals surface area contributed by atoms with Gasteiger partial charge in [0.1, 0.15) is 6.26 Å². The summed E-state index contributed by atoms with van der Waals surface area (Å²) in [6, 6.07) is 18.0. The van der Waals surface area contributed by atoms with Crippen molar-refractivity contribution in [2.45, 2.75) is 25.7 Å². The first-order valence-electron chi connectivity index (χ1n) is 8.36. The lowest BCUT2D eigenvalue weighted by Gasteiger charge is -2.18. The van der Waals surface area contributed by atoms with Gasteiger partial charge in [0, 0.05) is 6.20 Å². The van der Waals surface area contributed by atoms with Crippen LogP contribution in [0.15, 0.2) is 61.0 Å². The number of hydrogen-bond donors (Lipinski definition) is 1. The lowest BCUT2D eigenvalue weighted by molar-refractivity contribution is 0.267. The number of rotatable bonds is 0. The first-order valence-corrected chi connectivity index (χ1v) is 8.36. The molecule has 0 atom stereocenters. The predicted molar refractivity (Wildman–Crippen MR) is 96.3 cm³/mol. The molecule has 0 bridgehead atoms. The summed E-state index contributed by atoms with van der Waals surface area (Å²) in [4.78, 5) is 0. The average Bonchev–Trinajstić information content (AvgIpc) is 3.21. The molecule has 2 nitrogen and oxygen atoms in total. The van der Waals surface area contributed by atoms with Crippen LogP contribution in [0.4, 0.5) is 0 Å². The Kier molecular flexibility index (Phi) is 3.89. The molecule has 116 valence electrons. The fraction of sp³-hybridized carbons (Fsp3) is 0.238. The predicted octanol–water partition coefficient (Wildman–Crippen LogP) is 4.91. The summed E-state index contributed by atoms with van der Waals surface area (Å²) in [5, 5.41) is 8.46. The SMILES string of the molecule is C1=COCN1.c1ccc2c(c1)ccc1c3c(ccc12)CCCC3. The van der Waals surface area contributed by atoms with Crippen molar-refractivity contribution in [1.29, 1.82) is 0 Å². The fourth-order valence-corrected chi connectivity index (χ4v) is 3.58. The van der Waals surface area contributed by atoms with Crippen molar-refractivity contribution in [3.05, 3.63) is 72.1 Å². The largest absolute Gasteiger partial charge is 0.479 e. The quantitative estimate of drug-likeness (QED) is 0.596. The van der Waals surface area contributed by atoms with Gasteiger partial charge < -0.3 is 10.1 Å². The summed E-state index contributed by atoms with van der Waals surface area (Å²) >= 11 is 0. The molecule has 5 rings (SSSR count). The van der Waals surface area contributed by atoms with Crippen molar-refractivity contribution in [3.8, 4) is 0 Å². The minimum atomic E-state index is 0.639. The van der Waals surface area contributed by atoms with Gasteiger partial charge in [-0.05, 0) is 58.4 Å². The third-order valence-corrected chi connectivity index (χ3v) is 4.71. The number of aryl methyl sites for hydroxylation is 2. The fourth-order valence-electron chi connectivity index (χ4n) is 3.58. The van der Waals surface area contributed by atoms with Gasteiger partial charge in [-0.1, -0.05) is 48.5 Å². The molecule has 23 heavy (non-hydrogen) atoms. The number of fused-ring (bicyclic) bond motifs is 5. The highest BCUT2D eigenvalue weighted by molar-refractivity contribution is 6.08. The number of nitrogens with one attached hydrogen (secondary N) is 1. The summed E-state index contributed by atoms with van der Waals surface area (Å²) in [5.41, 5.74) is 3.17. The average molecular weight is 303 g/mol. The van der Waals surface area contributed by atoms with Crippen molar-refractivity contribution >= 4 is 21.5 Å². The van der Waals surface area contributed by atoms with Gasteiger partial charge in [-0.3, -0.25) is 0 Å². The van der Waals surface area contributed by atoms with Gasteiger partial charge >= 0.3 is 0 Å². The molecular weight excluding hydrogens is 282 g/mol. The number of ether oxygens (including phenoxy) is 1. The first kappa shape index (κ1) is 14.1. The van der Waals surface area contributed by atoms with E-state index in [0.717, 1.165) is 0 Å². The van der Waals surface area contributed by atoms with Crippen LogP contribution < -0.4 is 5.32 Å². The summed E-state index contributed by atoms with van der Waals surface area (Å²) in [5.74, 6) is 0. The standard InChI is InChI=1S/C18H16.C3H5NO/c1-3-7-15-13(5-1)9-11-18-16-8-4-2-6-14(16)10-12-17(15)18;1-2-5-3-4-1/h1,3,5,7,9-12H,2,4,6,8H2;1-2,4H,3H2. The molecule has 0 spiro atoms. The maximum absolute atomic E-state index is 4.65. The van der Waals surface area contributed by atoms with Crippen LogP contribution in [0.2, 0.25) is 0 Å². The summed E-state index contributed by atoms with van der Waals surface area (Å²) in [6.45, 7) is 0.639. The third-order valence-electron chi connectivity index (χ3n) is 4.71. The molecule has 3 aromatic carbocycles. The Bertz CT molecular complexity index is 860. The van der Waals surface area contributed by atoms with Gasteiger partial charge in [-0.15, -0.1) is 0 Å². The van der Waals surface area contributed by atoms with Gasteiger partial charge in [0.15, 0.2) is 6.73 Å². The van der Waals surface area contributed by atoms with Gasteiger partial charge in [-0.2, -0.15) is 0 Å². The molecular formula is C21H21NO. The van der Waals surface area contributed by atoms with E-state index in [2.05, 4.69) is 58.6 Å². The zero-order valence-electron chi connectivity index (χ0n) is 13.2. The lowest BCUT2D eigenvalue weighted by atomic mass is 9.86. The molecule has 2 heteroatoms. The number of benzene rings is 3. The van der Waals surface area contributed by atoms with Crippen LogP contribution >= 0.6 is 0 Å². The van der Waals surface area contributed by atoms with E-state index in [1.54, 1.807) is 23.6 Å². The van der Waals surface area contributed by atoms with E-state index >= 15 is 0 Å². The van der Waals surface area contributed by atoms with Crippen LogP contribution in [-0.2, 0) is 17.6 Å². The van der Waals surface area contributed by atoms with Crippen LogP contribution in [0.25, 0.3) is 21.5 Å². The van der Waals surface area contributed by atoms with Crippen LogP contribution in [0.5, 0.6) is 0 Å². The van der Waals surface area contributed by atoms with Crippen molar-refractivity contribution in [1.82, 2.24) is 5.32 Å². The van der Waals surface area contributed by atoms with E-state index in [1.807, 2.05) is 0 Å². The molecule has 0 unspecified atom stereocenters. The lowest BCUT2D eigenvalue weighted by Crippen LogP contribution is -2.02. The van der Waals surface area contributed by atoms with Crippen molar-refractivity contribution in [2.24, 2.45) is 0 Å². The van der Waals surface area contributed by atoms with Gasteiger partial charge in [0.25, 0.3) is 0 Å². The highest BCUT2D eigenvalue weighted by Gasteiger charge is 2.13. The van der Waals surface area contributed by atoms with Crippen LogP contribution in [0.1, 0.15) is 24.0 Å². The van der Waals surface area contributed by atoms with Crippen molar-refractivity contribution in [3.63, 3.8) is 0 Å². The minimum absolute atomic E-state index is 0.639. The topological polar surface area (TPSA) is 21.3 Å².